The number of hydrogen-bond acceptors (Lipinski definition) is 3. The van der Waals surface area contributed by atoms with E-state index in [0.29, 0.717) is 6.54 Å². The molecule has 6 nitrogen and oxygen atoms in total. The number of para-hydroxylation sites is 1. The number of fused-ring (bicyclic) bond motifs is 1. The van der Waals surface area contributed by atoms with Crippen molar-refractivity contribution in [3.63, 3.8) is 0 Å². The van der Waals surface area contributed by atoms with Gasteiger partial charge in [0.15, 0.2) is 0 Å². The summed E-state index contributed by atoms with van der Waals surface area (Å²) in [5.74, 6) is -0.0573. The first-order chi connectivity index (χ1) is 15.4. The lowest BCUT2D eigenvalue weighted by atomic mass is 9.69. The predicted molar refractivity (Wildman–Crippen MR) is 127 cm³/mol. The Hall–Kier alpha value is -3.12. The second-order valence-corrected chi connectivity index (χ2v) is 9.51. The van der Waals surface area contributed by atoms with Crippen LogP contribution in [0.15, 0.2) is 60.8 Å². The van der Waals surface area contributed by atoms with Crippen LogP contribution in [0.25, 0.3) is 10.9 Å². The fourth-order valence-corrected chi connectivity index (χ4v) is 5.71. The van der Waals surface area contributed by atoms with E-state index in [-0.39, 0.29) is 23.0 Å². The number of anilines is 1. The predicted octanol–water partition coefficient (Wildman–Crippen LogP) is 4.60. The summed E-state index contributed by atoms with van der Waals surface area (Å²) >= 11 is 0. The number of rotatable bonds is 3. The van der Waals surface area contributed by atoms with Crippen LogP contribution in [0, 0.1) is 0 Å². The Bertz CT molecular complexity index is 1170. The summed E-state index contributed by atoms with van der Waals surface area (Å²) in [5.41, 5.74) is 2.71. The van der Waals surface area contributed by atoms with E-state index in [0.717, 1.165) is 42.3 Å². The molecule has 1 aromatic heterocycles. The van der Waals surface area contributed by atoms with Crippen molar-refractivity contribution < 1.29 is 9.59 Å². The Labute approximate surface area is 188 Å². The molecule has 2 amide bonds. The van der Waals surface area contributed by atoms with Crippen LogP contribution in [0.1, 0.15) is 43.0 Å². The zero-order valence-corrected chi connectivity index (χ0v) is 19.0. The number of carbonyl (C=O) groups is 2. The van der Waals surface area contributed by atoms with E-state index in [9.17, 15) is 9.59 Å². The molecule has 32 heavy (non-hydrogen) atoms. The molecule has 2 heterocycles. The van der Waals surface area contributed by atoms with Gasteiger partial charge in [-0.1, -0.05) is 48.5 Å². The monoisotopic (exact) mass is 430 g/mol. The highest BCUT2D eigenvalue weighted by Crippen LogP contribution is 2.46. The molecule has 1 aliphatic carbocycles. The van der Waals surface area contributed by atoms with E-state index in [1.54, 1.807) is 11.5 Å². The number of urea groups is 1. The first kappa shape index (κ1) is 20.8. The topological polar surface area (TPSA) is 57.6 Å². The molecule has 0 radical (unpaired) electrons. The van der Waals surface area contributed by atoms with Gasteiger partial charge in [-0.2, -0.15) is 0 Å². The number of aromatic nitrogens is 1. The van der Waals surface area contributed by atoms with Crippen molar-refractivity contribution in [1.29, 1.82) is 0 Å². The van der Waals surface area contributed by atoms with E-state index < -0.39 is 0 Å². The van der Waals surface area contributed by atoms with Crippen LogP contribution in [0.5, 0.6) is 0 Å². The van der Waals surface area contributed by atoms with Gasteiger partial charge in [0.1, 0.15) is 0 Å². The molecule has 1 aliphatic heterocycles. The third-order valence-electron chi connectivity index (χ3n) is 7.60. The van der Waals surface area contributed by atoms with Gasteiger partial charge in [0, 0.05) is 24.0 Å². The Morgan fingerprint density at radius 3 is 2.28 bits per heavy atom. The molecule has 2 aromatic carbocycles. The van der Waals surface area contributed by atoms with E-state index in [4.69, 9.17) is 0 Å². The lowest BCUT2D eigenvalue weighted by molar-refractivity contribution is 0.0658. The van der Waals surface area contributed by atoms with Gasteiger partial charge in [-0.25, -0.2) is 4.79 Å². The molecular formula is C26H30N4O2. The van der Waals surface area contributed by atoms with Crippen LogP contribution in [-0.2, 0) is 5.54 Å². The van der Waals surface area contributed by atoms with E-state index in [1.807, 2.05) is 35.4 Å². The molecule has 1 spiro atoms. The quantitative estimate of drug-likeness (QED) is 0.661. The number of benzene rings is 2. The van der Waals surface area contributed by atoms with E-state index >= 15 is 0 Å². The Morgan fingerprint density at radius 1 is 0.969 bits per heavy atom. The van der Waals surface area contributed by atoms with Crippen molar-refractivity contribution in [2.45, 2.75) is 43.7 Å². The highest BCUT2D eigenvalue weighted by atomic mass is 16.2. The van der Waals surface area contributed by atoms with Crippen LogP contribution in [0.4, 0.5) is 10.5 Å². The van der Waals surface area contributed by atoms with Crippen molar-refractivity contribution >= 4 is 28.5 Å². The summed E-state index contributed by atoms with van der Waals surface area (Å²) in [5, 5.41) is 4.25. The molecule has 0 unspecified atom stereocenters. The summed E-state index contributed by atoms with van der Waals surface area (Å²) < 4.78 is 1.64. The first-order valence-electron chi connectivity index (χ1n) is 11.3. The maximum Gasteiger partial charge on any atom is 0.322 e. The molecule has 1 N–H and O–H groups in total. The first-order valence-corrected chi connectivity index (χ1v) is 11.3. The number of amides is 2. The smallest absolute Gasteiger partial charge is 0.322 e. The number of hydrogen-bond donors (Lipinski definition) is 1. The summed E-state index contributed by atoms with van der Waals surface area (Å²) in [6.07, 6.45) is 5.59. The molecule has 0 bridgehead atoms. The second-order valence-electron chi connectivity index (χ2n) is 9.51. The number of nitrogens with zero attached hydrogens (tertiary/aromatic N) is 3. The highest BCUT2D eigenvalue weighted by molar-refractivity contribution is 6.07. The zero-order chi connectivity index (χ0) is 22.5. The van der Waals surface area contributed by atoms with Crippen LogP contribution in [0.3, 0.4) is 0 Å². The molecule has 6 heteroatoms. The van der Waals surface area contributed by atoms with Gasteiger partial charge in [-0.3, -0.25) is 19.2 Å². The normalized spacial score (nSPS) is 25.6. The molecule has 0 atom stereocenters. The fourth-order valence-electron chi connectivity index (χ4n) is 5.71. The lowest BCUT2D eigenvalue weighted by Gasteiger charge is -2.48. The van der Waals surface area contributed by atoms with Gasteiger partial charge in [-0.15, -0.1) is 0 Å². The third-order valence-corrected chi connectivity index (χ3v) is 7.60. The molecule has 1 saturated heterocycles. The van der Waals surface area contributed by atoms with Crippen LogP contribution in [0.2, 0.25) is 0 Å². The van der Waals surface area contributed by atoms with Crippen molar-refractivity contribution in [2.24, 2.45) is 0 Å². The van der Waals surface area contributed by atoms with Crippen molar-refractivity contribution in [3.05, 3.63) is 66.4 Å². The number of nitrogens with one attached hydrogen (secondary N) is 1. The minimum atomic E-state index is -0.245. The van der Waals surface area contributed by atoms with E-state index in [2.05, 4.69) is 54.6 Å². The zero-order valence-electron chi connectivity index (χ0n) is 19.0. The van der Waals surface area contributed by atoms with Crippen molar-refractivity contribution in [2.75, 3.05) is 25.5 Å². The number of carbonyl (C=O) groups excluding carboxylic acids is 2. The largest absolute Gasteiger partial charge is 0.330 e. The van der Waals surface area contributed by atoms with Gasteiger partial charge in [0.25, 0.3) is 0 Å². The maximum absolute atomic E-state index is 13.1. The van der Waals surface area contributed by atoms with E-state index in [1.165, 1.54) is 5.56 Å². The fraction of sp³-hybridized carbons (Fsp3) is 0.385. The standard InChI is InChI=1S/C26H30N4O2/c1-19(31)29-17-23(21-11-7-8-12-22(21)29)30-18-25(27-24(30)32)13-15-26(16-14-25,28(2)3)20-9-5-4-6-10-20/h4-12,17H,13-16,18H2,1-3H3,(H,27,32). The van der Waals surface area contributed by atoms with Gasteiger partial charge >= 0.3 is 6.03 Å². The van der Waals surface area contributed by atoms with Gasteiger partial charge < -0.3 is 5.32 Å². The average Bonchev–Trinajstić information content (AvgIpc) is 3.33. The Morgan fingerprint density at radius 2 is 1.62 bits per heavy atom. The van der Waals surface area contributed by atoms with Crippen LogP contribution < -0.4 is 10.2 Å². The summed E-state index contributed by atoms with van der Waals surface area (Å²) in [4.78, 5) is 29.5. The van der Waals surface area contributed by atoms with Crippen molar-refractivity contribution in [3.8, 4) is 0 Å². The van der Waals surface area contributed by atoms with Gasteiger partial charge in [-0.05, 0) is 51.4 Å². The maximum atomic E-state index is 13.1. The highest BCUT2D eigenvalue weighted by Gasteiger charge is 2.50. The SMILES string of the molecule is CC(=O)n1cc(N2CC3(CCC(c4ccccc4)(N(C)C)CC3)NC2=O)c2ccccc21. The average molecular weight is 431 g/mol. The van der Waals surface area contributed by atoms with Crippen LogP contribution >= 0.6 is 0 Å². The minimum Gasteiger partial charge on any atom is -0.330 e. The van der Waals surface area contributed by atoms with Crippen molar-refractivity contribution in [1.82, 2.24) is 14.8 Å². The van der Waals surface area contributed by atoms with Gasteiger partial charge in [0.05, 0.1) is 23.3 Å². The lowest BCUT2D eigenvalue weighted by Crippen LogP contribution is -2.54. The molecule has 3 aromatic rings. The summed E-state index contributed by atoms with van der Waals surface area (Å²) in [6, 6.07) is 18.4. The van der Waals surface area contributed by atoms with Crippen LogP contribution in [-0.4, -0.2) is 47.6 Å². The molecule has 2 fully saturated rings. The summed E-state index contributed by atoms with van der Waals surface area (Å²) in [6.45, 7) is 2.17. The molecular weight excluding hydrogens is 400 g/mol. The van der Waals surface area contributed by atoms with Gasteiger partial charge in [0.2, 0.25) is 5.91 Å². The molecule has 5 rings (SSSR count). The molecule has 1 saturated carbocycles. The minimum absolute atomic E-state index is 0.0185. The Kier molecular flexibility index (Phi) is 4.86. The molecule has 2 aliphatic rings. The molecule has 166 valence electrons. The summed E-state index contributed by atoms with van der Waals surface area (Å²) in [7, 11) is 4.31. The Balaban J connectivity index is 1.44. The second kappa shape index (κ2) is 7.48. The third kappa shape index (κ3) is 3.13.